The van der Waals surface area contributed by atoms with E-state index in [-0.39, 0.29) is 5.02 Å². The Labute approximate surface area is 120 Å². The maximum Gasteiger partial charge on any atom is 0.418 e. The molecule has 0 spiro atoms. The van der Waals surface area contributed by atoms with Crippen LogP contribution in [0, 0.1) is 23.0 Å². The minimum absolute atomic E-state index is 0.272. The van der Waals surface area contributed by atoms with Crippen molar-refractivity contribution >= 4 is 30.0 Å². The van der Waals surface area contributed by atoms with Crippen molar-refractivity contribution in [3.8, 4) is 5.97 Å². The first-order chi connectivity index (χ1) is 9.15. The average Bonchev–Trinajstić information content (AvgIpc) is 2.30. The molecule has 0 saturated carbocycles. The standard InChI is InChI=1S/C11H11BClF2N3O2/c1-11(2,3)20-10(19)18-12(5-16)7-6(13)4-17-9(15)8(7)14/h4H,1-3H3,(H,18,19). The summed E-state index contributed by atoms with van der Waals surface area (Å²) in [5.74, 6) is -1.18. The van der Waals surface area contributed by atoms with Crippen molar-refractivity contribution in [2.75, 3.05) is 0 Å². The van der Waals surface area contributed by atoms with Gasteiger partial charge in [-0.25, -0.2) is 19.4 Å². The van der Waals surface area contributed by atoms with Gasteiger partial charge in [-0.3, -0.25) is 0 Å². The first-order valence-corrected chi connectivity index (χ1v) is 5.92. The van der Waals surface area contributed by atoms with Gasteiger partial charge in [-0.15, -0.1) is 0 Å². The number of hydrogen-bond acceptors (Lipinski definition) is 4. The molecule has 106 valence electrons. The van der Waals surface area contributed by atoms with Gasteiger partial charge < -0.3 is 9.96 Å². The summed E-state index contributed by atoms with van der Waals surface area (Å²) >= 11 is 5.68. The number of aromatic nitrogens is 1. The fourth-order valence-electron chi connectivity index (χ4n) is 1.31. The van der Waals surface area contributed by atoms with Gasteiger partial charge in [-0.05, 0) is 20.8 Å². The highest BCUT2D eigenvalue weighted by Crippen LogP contribution is 2.10. The number of nitriles is 1. The van der Waals surface area contributed by atoms with E-state index < -0.39 is 35.8 Å². The number of nitrogens with zero attached hydrogens (tertiary/aromatic N) is 2. The highest BCUT2D eigenvalue weighted by atomic mass is 35.5. The van der Waals surface area contributed by atoms with Crippen molar-refractivity contribution in [2.45, 2.75) is 26.4 Å². The number of carbonyl (C=O) groups is 1. The van der Waals surface area contributed by atoms with Gasteiger partial charge in [0.15, 0.2) is 5.82 Å². The molecular weight excluding hydrogens is 290 g/mol. The summed E-state index contributed by atoms with van der Waals surface area (Å²) in [6, 6.07) is 0. The molecule has 0 aliphatic carbocycles. The first kappa shape index (κ1) is 16.2. The lowest BCUT2D eigenvalue weighted by atomic mass is 9.58. The fraction of sp³-hybridized carbons (Fsp3) is 0.364. The molecule has 0 unspecified atom stereocenters. The number of ether oxygens (including phenoxy) is 1. The Hall–Kier alpha value is -1.88. The highest BCUT2D eigenvalue weighted by Gasteiger charge is 2.30. The quantitative estimate of drug-likeness (QED) is 0.667. The molecule has 0 aromatic carbocycles. The van der Waals surface area contributed by atoms with Crippen LogP contribution in [0.1, 0.15) is 20.8 Å². The summed E-state index contributed by atoms with van der Waals surface area (Å²) in [6.45, 7) is 3.37. The predicted molar refractivity (Wildman–Crippen MR) is 69.5 cm³/mol. The topological polar surface area (TPSA) is 75.0 Å². The molecule has 0 radical (unpaired) electrons. The molecular formula is C11H11BClF2N3O2. The number of hydrogen-bond donors (Lipinski definition) is 1. The molecule has 1 aromatic heterocycles. The molecule has 1 N–H and O–H groups in total. The molecule has 0 saturated heterocycles. The van der Waals surface area contributed by atoms with E-state index in [1.54, 1.807) is 26.7 Å². The number of amides is 1. The summed E-state index contributed by atoms with van der Waals surface area (Å²) in [4.78, 5) is 14.6. The third-order valence-electron chi connectivity index (χ3n) is 2.04. The molecule has 20 heavy (non-hydrogen) atoms. The zero-order chi connectivity index (χ0) is 15.5. The van der Waals surface area contributed by atoms with E-state index in [4.69, 9.17) is 21.6 Å². The van der Waals surface area contributed by atoms with Crippen molar-refractivity contribution in [1.82, 2.24) is 10.2 Å². The monoisotopic (exact) mass is 301 g/mol. The van der Waals surface area contributed by atoms with Crippen LogP contribution in [0.15, 0.2) is 6.20 Å². The van der Waals surface area contributed by atoms with Gasteiger partial charge in [-0.1, -0.05) is 11.6 Å². The summed E-state index contributed by atoms with van der Waals surface area (Å²) < 4.78 is 31.6. The van der Waals surface area contributed by atoms with Crippen LogP contribution in [-0.2, 0) is 4.74 Å². The van der Waals surface area contributed by atoms with E-state index in [2.05, 4.69) is 10.2 Å². The third kappa shape index (κ3) is 4.06. The van der Waals surface area contributed by atoms with Crippen molar-refractivity contribution in [3.63, 3.8) is 0 Å². The van der Waals surface area contributed by atoms with Crippen LogP contribution in [0.4, 0.5) is 13.6 Å². The molecule has 1 rings (SSSR count). The largest absolute Gasteiger partial charge is 0.445 e. The number of carbonyl (C=O) groups excluding carboxylic acids is 1. The fourth-order valence-corrected chi connectivity index (χ4v) is 1.56. The molecule has 0 aliphatic rings. The normalized spacial score (nSPS) is 10.7. The van der Waals surface area contributed by atoms with Gasteiger partial charge in [0.2, 0.25) is 5.95 Å². The lowest BCUT2D eigenvalue weighted by molar-refractivity contribution is 0.0568. The number of halogens is 3. The second kappa shape index (κ2) is 6.05. The Morgan fingerprint density at radius 1 is 1.55 bits per heavy atom. The predicted octanol–water partition coefficient (Wildman–Crippen LogP) is 1.80. The SMILES string of the molecule is CC(C)(C)OC(=O)NB(C#N)c1c(Cl)cnc(F)c1F. The molecule has 1 amide bonds. The molecule has 5 nitrogen and oxygen atoms in total. The first-order valence-electron chi connectivity index (χ1n) is 5.54. The van der Waals surface area contributed by atoms with E-state index in [1.165, 1.54) is 0 Å². The van der Waals surface area contributed by atoms with E-state index in [0.29, 0.717) is 0 Å². The van der Waals surface area contributed by atoms with Gasteiger partial charge in [0.25, 0.3) is 0 Å². The Balaban J connectivity index is 3.02. The minimum Gasteiger partial charge on any atom is -0.445 e. The van der Waals surface area contributed by atoms with Crippen molar-refractivity contribution in [2.24, 2.45) is 0 Å². The Kier molecular flexibility index (Phi) is 4.90. The van der Waals surface area contributed by atoms with Crippen LogP contribution in [0.3, 0.4) is 0 Å². The lowest BCUT2D eigenvalue weighted by Gasteiger charge is -2.20. The Morgan fingerprint density at radius 3 is 2.65 bits per heavy atom. The van der Waals surface area contributed by atoms with Gasteiger partial charge in [-0.2, -0.15) is 4.39 Å². The Morgan fingerprint density at radius 2 is 2.15 bits per heavy atom. The molecule has 0 atom stereocenters. The third-order valence-corrected chi connectivity index (χ3v) is 2.35. The minimum atomic E-state index is -1.49. The molecule has 1 aromatic rings. The summed E-state index contributed by atoms with van der Waals surface area (Å²) in [5.41, 5.74) is -1.29. The highest BCUT2D eigenvalue weighted by molar-refractivity contribution is 6.81. The van der Waals surface area contributed by atoms with E-state index >= 15 is 0 Å². The maximum absolute atomic E-state index is 13.6. The smallest absolute Gasteiger partial charge is 0.418 e. The molecule has 0 bridgehead atoms. The van der Waals surface area contributed by atoms with Crippen molar-refractivity contribution in [3.05, 3.63) is 23.0 Å². The van der Waals surface area contributed by atoms with Crippen LogP contribution in [0.5, 0.6) is 0 Å². The average molecular weight is 301 g/mol. The number of nitrogens with one attached hydrogen (secondary N) is 1. The van der Waals surface area contributed by atoms with E-state index in [0.717, 1.165) is 6.20 Å². The zero-order valence-corrected chi connectivity index (χ0v) is 11.8. The second-order valence-corrected chi connectivity index (χ2v) is 5.24. The van der Waals surface area contributed by atoms with E-state index in [1.807, 2.05) is 0 Å². The molecule has 9 heteroatoms. The number of pyridine rings is 1. The second-order valence-electron chi connectivity index (χ2n) is 4.83. The summed E-state index contributed by atoms with van der Waals surface area (Å²) in [5, 5.41) is 10.8. The van der Waals surface area contributed by atoms with Crippen LogP contribution < -0.4 is 10.7 Å². The summed E-state index contributed by atoms with van der Waals surface area (Å²) in [6.07, 6.45) is -0.0899. The molecule has 0 aliphatic heterocycles. The van der Waals surface area contributed by atoms with Crippen molar-refractivity contribution < 1.29 is 18.3 Å². The molecule has 0 fully saturated rings. The zero-order valence-electron chi connectivity index (χ0n) is 11.0. The summed E-state index contributed by atoms with van der Waals surface area (Å²) in [7, 11) is 0. The van der Waals surface area contributed by atoms with Gasteiger partial charge in [0, 0.05) is 17.6 Å². The number of rotatable bonds is 2. The van der Waals surface area contributed by atoms with E-state index in [9.17, 15) is 13.6 Å². The van der Waals surface area contributed by atoms with Gasteiger partial charge >= 0.3 is 12.9 Å². The van der Waals surface area contributed by atoms with Gasteiger partial charge in [0.05, 0.1) is 5.02 Å². The van der Waals surface area contributed by atoms with Crippen LogP contribution in [0.2, 0.25) is 5.02 Å². The maximum atomic E-state index is 13.6. The van der Waals surface area contributed by atoms with Crippen LogP contribution in [-0.4, -0.2) is 23.5 Å². The molecule has 1 heterocycles. The van der Waals surface area contributed by atoms with Crippen LogP contribution >= 0.6 is 11.6 Å². The van der Waals surface area contributed by atoms with Crippen LogP contribution in [0.25, 0.3) is 0 Å². The van der Waals surface area contributed by atoms with Crippen molar-refractivity contribution in [1.29, 1.82) is 5.26 Å². The lowest BCUT2D eigenvalue weighted by Crippen LogP contribution is -2.50. The van der Waals surface area contributed by atoms with Gasteiger partial charge in [0.1, 0.15) is 5.60 Å². The Bertz CT molecular complexity index is 572.